The van der Waals surface area contributed by atoms with Crippen LogP contribution < -0.4 is 0 Å². The van der Waals surface area contributed by atoms with Gasteiger partial charge in [-0.1, -0.05) is 35.9 Å². The number of imidazole rings is 1. The minimum Gasteiger partial charge on any atom is -0.345 e. The van der Waals surface area contributed by atoms with Crippen LogP contribution in [0.25, 0.3) is 10.6 Å². The van der Waals surface area contributed by atoms with E-state index in [4.69, 9.17) is 11.6 Å². The minimum atomic E-state index is 0.728. The van der Waals surface area contributed by atoms with Crippen LogP contribution in [0.2, 0.25) is 5.02 Å². The molecule has 0 unspecified atom stereocenters. The van der Waals surface area contributed by atoms with Crippen molar-refractivity contribution in [3.63, 3.8) is 0 Å². The van der Waals surface area contributed by atoms with Crippen LogP contribution in [0.3, 0.4) is 0 Å². The molecule has 0 atom stereocenters. The van der Waals surface area contributed by atoms with Gasteiger partial charge < -0.3 is 4.98 Å². The predicted molar refractivity (Wildman–Crippen MR) is 80.9 cm³/mol. The molecule has 0 amide bonds. The van der Waals surface area contributed by atoms with Gasteiger partial charge in [0, 0.05) is 17.1 Å². The van der Waals surface area contributed by atoms with Crippen molar-refractivity contribution in [2.75, 3.05) is 0 Å². The summed E-state index contributed by atoms with van der Waals surface area (Å²) in [6.07, 6.45) is 0.728. The van der Waals surface area contributed by atoms with Gasteiger partial charge in [-0.05, 0) is 30.0 Å². The maximum Gasteiger partial charge on any atom is 0.111 e. The standard InChI is InChI=1S/C15H13ClN2S/c1-10-15(13-7-4-8-19-13)18-14(17-10)9-11-5-2-3-6-12(11)16/h2-8H,9H2,1H3,(H,17,18). The van der Waals surface area contributed by atoms with Gasteiger partial charge in [-0.2, -0.15) is 0 Å². The minimum absolute atomic E-state index is 0.728. The number of rotatable bonds is 3. The summed E-state index contributed by atoms with van der Waals surface area (Å²) in [5, 5.41) is 2.85. The Hall–Kier alpha value is -1.58. The molecule has 2 nitrogen and oxygen atoms in total. The molecular weight excluding hydrogens is 276 g/mol. The number of benzene rings is 1. The summed E-state index contributed by atoms with van der Waals surface area (Å²) in [5.41, 5.74) is 3.23. The number of aryl methyl sites for hydroxylation is 1. The third-order valence-corrected chi connectivity index (χ3v) is 4.25. The van der Waals surface area contributed by atoms with Crippen LogP contribution in [0.5, 0.6) is 0 Å². The summed E-state index contributed by atoms with van der Waals surface area (Å²) in [4.78, 5) is 9.22. The molecule has 19 heavy (non-hydrogen) atoms. The topological polar surface area (TPSA) is 28.7 Å². The lowest BCUT2D eigenvalue weighted by Gasteiger charge is -2.00. The highest BCUT2D eigenvalue weighted by Crippen LogP contribution is 2.27. The van der Waals surface area contributed by atoms with Crippen LogP contribution in [-0.2, 0) is 6.42 Å². The molecule has 3 aromatic rings. The summed E-state index contributed by atoms with van der Waals surface area (Å²) >= 11 is 7.89. The first-order valence-electron chi connectivity index (χ1n) is 6.07. The Labute approximate surface area is 121 Å². The van der Waals surface area contributed by atoms with E-state index in [1.807, 2.05) is 30.3 Å². The number of thiophene rings is 1. The number of halogens is 1. The summed E-state index contributed by atoms with van der Waals surface area (Å²) < 4.78 is 0. The van der Waals surface area contributed by atoms with Crippen LogP contribution in [0, 0.1) is 6.92 Å². The molecular formula is C15H13ClN2S. The van der Waals surface area contributed by atoms with Gasteiger partial charge in [-0.15, -0.1) is 11.3 Å². The lowest BCUT2D eigenvalue weighted by Crippen LogP contribution is -1.91. The molecule has 0 saturated heterocycles. The van der Waals surface area contributed by atoms with E-state index < -0.39 is 0 Å². The molecule has 0 spiro atoms. The molecule has 1 aromatic carbocycles. The molecule has 96 valence electrons. The smallest absolute Gasteiger partial charge is 0.111 e. The molecule has 0 aliphatic heterocycles. The van der Waals surface area contributed by atoms with Gasteiger partial charge in [0.05, 0.1) is 4.88 Å². The van der Waals surface area contributed by atoms with Gasteiger partial charge in [-0.3, -0.25) is 0 Å². The summed E-state index contributed by atoms with van der Waals surface area (Å²) in [6.45, 7) is 2.05. The Morgan fingerprint density at radius 2 is 2.05 bits per heavy atom. The maximum atomic E-state index is 6.18. The maximum absolute atomic E-state index is 6.18. The number of hydrogen-bond acceptors (Lipinski definition) is 2. The summed E-state index contributed by atoms with van der Waals surface area (Å²) in [5.74, 6) is 0.953. The zero-order valence-corrected chi connectivity index (χ0v) is 12.1. The van der Waals surface area contributed by atoms with Crippen molar-refractivity contribution in [2.24, 2.45) is 0 Å². The largest absolute Gasteiger partial charge is 0.345 e. The molecule has 0 radical (unpaired) electrons. The second-order valence-corrected chi connectivity index (χ2v) is 5.76. The SMILES string of the molecule is Cc1[nH]c(Cc2ccccc2Cl)nc1-c1cccs1. The van der Waals surface area contributed by atoms with Gasteiger partial charge in [0.15, 0.2) is 0 Å². The van der Waals surface area contributed by atoms with Crippen LogP contribution in [0.15, 0.2) is 41.8 Å². The highest BCUT2D eigenvalue weighted by atomic mass is 35.5. The van der Waals surface area contributed by atoms with Crippen molar-refractivity contribution < 1.29 is 0 Å². The van der Waals surface area contributed by atoms with Crippen LogP contribution in [0.1, 0.15) is 17.1 Å². The Morgan fingerprint density at radius 3 is 2.79 bits per heavy atom. The number of H-pyrrole nitrogens is 1. The van der Waals surface area contributed by atoms with E-state index in [9.17, 15) is 0 Å². The van der Waals surface area contributed by atoms with Crippen molar-refractivity contribution in [1.29, 1.82) is 0 Å². The predicted octanol–water partition coefficient (Wildman–Crippen LogP) is 4.69. The zero-order chi connectivity index (χ0) is 13.2. The second kappa shape index (κ2) is 5.19. The number of aromatic nitrogens is 2. The number of hydrogen-bond donors (Lipinski definition) is 1. The highest BCUT2D eigenvalue weighted by molar-refractivity contribution is 7.13. The summed E-state index contributed by atoms with van der Waals surface area (Å²) in [6, 6.07) is 12.0. The van der Waals surface area contributed by atoms with E-state index in [1.54, 1.807) is 11.3 Å². The van der Waals surface area contributed by atoms with E-state index in [2.05, 4.69) is 28.3 Å². The summed E-state index contributed by atoms with van der Waals surface area (Å²) in [7, 11) is 0. The highest BCUT2D eigenvalue weighted by Gasteiger charge is 2.11. The average molecular weight is 289 g/mol. The third kappa shape index (κ3) is 2.57. The monoisotopic (exact) mass is 288 g/mol. The van der Waals surface area contributed by atoms with Crippen molar-refractivity contribution in [1.82, 2.24) is 9.97 Å². The number of nitrogens with one attached hydrogen (secondary N) is 1. The lowest BCUT2D eigenvalue weighted by atomic mass is 10.1. The quantitative estimate of drug-likeness (QED) is 0.744. The Balaban J connectivity index is 1.91. The van der Waals surface area contributed by atoms with E-state index in [0.717, 1.165) is 34.2 Å². The van der Waals surface area contributed by atoms with Crippen molar-refractivity contribution in [2.45, 2.75) is 13.3 Å². The van der Waals surface area contributed by atoms with E-state index in [-0.39, 0.29) is 0 Å². The fraction of sp³-hybridized carbons (Fsp3) is 0.133. The van der Waals surface area contributed by atoms with Crippen LogP contribution in [0.4, 0.5) is 0 Å². The van der Waals surface area contributed by atoms with Crippen molar-refractivity contribution >= 4 is 22.9 Å². The van der Waals surface area contributed by atoms with E-state index in [0.29, 0.717) is 0 Å². The third-order valence-electron chi connectivity index (χ3n) is 3.00. The van der Waals surface area contributed by atoms with Crippen molar-refractivity contribution in [3.05, 3.63) is 63.9 Å². The van der Waals surface area contributed by atoms with E-state index >= 15 is 0 Å². The fourth-order valence-corrected chi connectivity index (χ4v) is 3.06. The molecule has 2 aromatic heterocycles. The van der Waals surface area contributed by atoms with Crippen molar-refractivity contribution in [3.8, 4) is 10.6 Å². The van der Waals surface area contributed by atoms with Gasteiger partial charge >= 0.3 is 0 Å². The average Bonchev–Trinajstić information content (AvgIpc) is 3.01. The van der Waals surface area contributed by atoms with Gasteiger partial charge in [0.1, 0.15) is 11.5 Å². The molecule has 3 rings (SSSR count). The lowest BCUT2D eigenvalue weighted by molar-refractivity contribution is 1.02. The van der Waals surface area contributed by atoms with Gasteiger partial charge in [0.25, 0.3) is 0 Å². The van der Waals surface area contributed by atoms with Gasteiger partial charge in [0.2, 0.25) is 0 Å². The number of nitrogens with zero attached hydrogens (tertiary/aromatic N) is 1. The Morgan fingerprint density at radius 1 is 1.21 bits per heavy atom. The second-order valence-electron chi connectivity index (χ2n) is 4.40. The fourth-order valence-electron chi connectivity index (χ4n) is 2.08. The number of aromatic amines is 1. The Kier molecular flexibility index (Phi) is 3.40. The van der Waals surface area contributed by atoms with Crippen LogP contribution >= 0.6 is 22.9 Å². The van der Waals surface area contributed by atoms with Gasteiger partial charge in [-0.25, -0.2) is 4.98 Å². The molecule has 4 heteroatoms. The van der Waals surface area contributed by atoms with Crippen LogP contribution in [-0.4, -0.2) is 9.97 Å². The first kappa shape index (κ1) is 12.5. The molecule has 0 bridgehead atoms. The molecule has 0 fully saturated rings. The molecule has 0 saturated carbocycles. The zero-order valence-electron chi connectivity index (χ0n) is 10.5. The Bertz CT molecular complexity index is 686. The first-order chi connectivity index (χ1) is 9.24. The first-order valence-corrected chi connectivity index (χ1v) is 7.32. The molecule has 1 N–H and O–H groups in total. The molecule has 0 aliphatic rings. The normalized spacial score (nSPS) is 10.8. The van der Waals surface area contributed by atoms with E-state index in [1.165, 1.54) is 4.88 Å². The molecule has 2 heterocycles. The molecule has 0 aliphatic carbocycles.